The van der Waals surface area contributed by atoms with E-state index in [0.29, 0.717) is 25.8 Å². The number of aliphatic carboxylic acids is 3. The topological polar surface area (TPSA) is 441 Å². The van der Waals surface area contributed by atoms with Crippen LogP contribution in [0.4, 0.5) is 0 Å². The lowest BCUT2D eigenvalue weighted by molar-refractivity contribution is -0.144. The number of aromatic nitrogens is 4. The summed E-state index contributed by atoms with van der Waals surface area (Å²) in [6.07, 6.45) is 14.7. The highest BCUT2D eigenvalue weighted by molar-refractivity contribution is 7.90. The van der Waals surface area contributed by atoms with Crippen LogP contribution in [0.5, 0.6) is 0 Å². The third kappa shape index (κ3) is 44.2. The maximum atomic E-state index is 12.5. The Kier molecular flexibility index (Phi) is 43.6. The van der Waals surface area contributed by atoms with E-state index >= 15 is 0 Å². The predicted molar refractivity (Wildman–Crippen MR) is 301 cm³/mol. The summed E-state index contributed by atoms with van der Waals surface area (Å²) in [7, 11) is -3.89. The molecule has 474 valence electrons. The van der Waals surface area contributed by atoms with E-state index in [9.17, 15) is 71.7 Å². The number of sulfonamides is 1. The number of amides is 7. The van der Waals surface area contributed by atoms with E-state index in [2.05, 4.69) is 69.9 Å². The monoisotopic (exact) mass is 1220 g/mol. The molecule has 0 aromatic carbocycles. The van der Waals surface area contributed by atoms with Crippen LogP contribution in [-0.4, -0.2) is 206 Å². The van der Waals surface area contributed by atoms with E-state index in [0.717, 1.165) is 44.3 Å². The van der Waals surface area contributed by atoms with Crippen LogP contribution in [0, 0.1) is 0 Å². The van der Waals surface area contributed by atoms with Gasteiger partial charge in [0.2, 0.25) is 51.4 Å². The molecule has 0 fully saturated rings. The van der Waals surface area contributed by atoms with E-state index in [4.69, 9.17) is 18.9 Å². The molecule has 3 atom stereocenters. The van der Waals surface area contributed by atoms with Crippen LogP contribution >= 0.6 is 12.6 Å². The molecular weight excluding hydrogens is 1130 g/mol. The number of carbonyl (C=O) groups is 10. The molecule has 0 aliphatic carbocycles. The number of carbonyl (C=O) groups excluding carboxylic acids is 7. The van der Waals surface area contributed by atoms with E-state index in [-0.39, 0.29) is 103 Å². The Morgan fingerprint density at radius 2 is 0.892 bits per heavy atom. The van der Waals surface area contributed by atoms with Gasteiger partial charge in [-0.15, -0.1) is 10.2 Å². The Morgan fingerprint density at radius 1 is 0.458 bits per heavy atom. The summed E-state index contributed by atoms with van der Waals surface area (Å²) in [4.78, 5) is 120. The Bertz CT molecular complexity index is 2160. The summed E-state index contributed by atoms with van der Waals surface area (Å²) >= 11 is 3.84. The predicted octanol–water partition coefficient (Wildman–Crippen LogP) is 0.213. The van der Waals surface area contributed by atoms with Gasteiger partial charge in [0.05, 0.1) is 51.1 Å². The second-order valence-corrected chi connectivity index (χ2v) is 21.5. The van der Waals surface area contributed by atoms with Crippen molar-refractivity contribution in [1.29, 1.82) is 0 Å². The lowest BCUT2D eigenvalue weighted by Crippen LogP contribution is -2.45. The first-order valence-electron chi connectivity index (χ1n) is 28.4. The van der Waals surface area contributed by atoms with Gasteiger partial charge in [-0.05, 0) is 51.4 Å². The Hall–Kier alpha value is -6.09. The SMILES string of the molecule is O=C(CS)NCCCC[C@H](NC(=O)COCCOCCNC(=O)CC[C@@H](NC(=O)CC[C@H](NC(=O)COCCOCCNC(=O)CCCS(=O)(=O)NC(=O)CCCCCCCCCCCCCCCc1nn[nH]n1)C(=O)O)C(=O)O)C(=O)O. The maximum absolute atomic E-state index is 12.5. The molecule has 1 aromatic heterocycles. The largest absolute Gasteiger partial charge is 0.480 e. The Labute approximate surface area is 490 Å². The highest BCUT2D eigenvalue weighted by Gasteiger charge is 2.25. The number of nitrogens with one attached hydrogen (secondary N) is 8. The van der Waals surface area contributed by atoms with Gasteiger partial charge in [-0.3, -0.25) is 38.3 Å². The first kappa shape index (κ1) is 74.9. The lowest BCUT2D eigenvalue weighted by atomic mass is 10.0. The highest BCUT2D eigenvalue weighted by Crippen LogP contribution is 2.14. The average Bonchev–Trinajstić information content (AvgIpc) is 3.97. The fourth-order valence-electron chi connectivity index (χ4n) is 7.79. The molecule has 0 spiro atoms. The third-order valence-electron chi connectivity index (χ3n) is 12.2. The zero-order valence-electron chi connectivity index (χ0n) is 47.5. The summed E-state index contributed by atoms with van der Waals surface area (Å²) in [5, 5.41) is 57.0. The number of ether oxygens (including phenoxy) is 4. The molecule has 1 heterocycles. The third-order valence-corrected chi connectivity index (χ3v) is 13.9. The molecule has 1 aromatic rings. The minimum absolute atomic E-state index is 0.00127. The van der Waals surface area contributed by atoms with E-state index in [1.807, 2.05) is 0 Å². The number of unbranched alkanes of at least 4 members (excludes halogenated alkanes) is 13. The number of aromatic amines is 1. The quantitative estimate of drug-likeness (QED) is 0.0306. The maximum Gasteiger partial charge on any atom is 0.326 e. The van der Waals surface area contributed by atoms with Crippen LogP contribution in [0.1, 0.15) is 154 Å². The summed E-state index contributed by atoms with van der Waals surface area (Å²) in [6, 6.07) is -4.14. The first-order chi connectivity index (χ1) is 39.8. The van der Waals surface area contributed by atoms with Crippen molar-refractivity contribution in [1.82, 2.24) is 57.2 Å². The van der Waals surface area contributed by atoms with Gasteiger partial charge in [0.1, 0.15) is 31.3 Å². The second kappa shape index (κ2) is 48.3. The highest BCUT2D eigenvalue weighted by atomic mass is 32.2. The number of rotatable bonds is 55. The molecule has 0 radical (unpaired) electrons. The van der Waals surface area contributed by atoms with Crippen molar-refractivity contribution >= 4 is 81.9 Å². The zero-order chi connectivity index (χ0) is 61.4. The van der Waals surface area contributed by atoms with Gasteiger partial charge in [-0.1, -0.05) is 75.8 Å². The fraction of sp³-hybridized carbons (Fsp3) is 0.784. The van der Waals surface area contributed by atoms with Gasteiger partial charge in [0, 0.05) is 51.7 Å². The minimum Gasteiger partial charge on any atom is -0.480 e. The van der Waals surface area contributed by atoms with Gasteiger partial charge in [-0.25, -0.2) is 22.8 Å². The van der Waals surface area contributed by atoms with E-state index in [1.165, 1.54) is 44.9 Å². The number of hydrogen-bond acceptors (Lipinski definition) is 20. The molecule has 0 saturated heterocycles. The standard InChI is InChI=1S/C51H89N11O19S2/c63-42(20-16-34-83(76,77)60-45(66)19-13-11-9-7-5-3-1-2-4-6-8-10-12-18-41-58-61-62-59-41)53-26-28-78-30-33-81-36-47(68)57-40(51(74)75)22-24-44(65)55-39(50(72)73)21-23-43(64)54-27-29-79-31-32-80-35-46(67)56-38(49(70)71)17-14-15-25-52-48(69)37-82/h38-40,82H,1-37H2,(H,52,69)(H,53,63)(H,54,64)(H,55,65)(H,56,67)(H,57,68)(H,60,66)(H,70,71)(H,72,73)(H,74,75)(H,58,59,61,62)/t38-,39+,40-/m0/s1. The molecular formula is C51H89N11O19S2. The number of thiol groups is 1. The summed E-state index contributed by atoms with van der Waals surface area (Å²) in [5.41, 5.74) is 0. The number of nitrogens with zero attached hydrogens (tertiary/aromatic N) is 3. The number of carboxylic acid groups (broad SMARTS) is 3. The van der Waals surface area contributed by atoms with Crippen LogP contribution in [0.3, 0.4) is 0 Å². The summed E-state index contributed by atoms with van der Waals surface area (Å²) in [6.45, 7) is -0.461. The van der Waals surface area contributed by atoms with Gasteiger partial charge in [0.15, 0.2) is 5.82 Å². The summed E-state index contributed by atoms with van der Waals surface area (Å²) in [5.74, 6) is -7.78. The van der Waals surface area contributed by atoms with Gasteiger partial charge in [0.25, 0.3) is 0 Å². The van der Waals surface area contributed by atoms with Crippen molar-refractivity contribution in [2.24, 2.45) is 0 Å². The smallest absolute Gasteiger partial charge is 0.326 e. The van der Waals surface area contributed by atoms with Crippen molar-refractivity contribution in [2.45, 2.75) is 172 Å². The van der Waals surface area contributed by atoms with Crippen molar-refractivity contribution in [3.63, 3.8) is 0 Å². The molecule has 30 nitrogen and oxygen atoms in total. The fourth-order valence-corrected chi connectivity index (χ4v) is 8.98. The van der Waals surface area contributed by atoms with Crippen molar-refractivity contribution in [2.75, 3.05) is 84.0 Å². The van der Waals surface area contributed by atoms with E-state index in [1.54, 1.807) is 0 Å². The molecule has 0 bridgehead atoms. The average molecular weight is 1220 g/mol. The van der Waals surface area contributed by atoms with Crippen molar-refractivity contribution in [3.05, 3.63) is 5.82 Å². The molecule has 11 N–H and O–H groups in total. The van der Waals surface area contributed by atoms with Crippen molar-refractivity contribution in [3.8, 4) is 0 Å². The molecule has 1 rings (SSSR count). The van der Waals surface area contributed by atoms with E-state index < -0.39 is 113 Å². The van der Waals surface area contributed by atoms with Crippen LogP contribution in [0.25, 0.3) is 0 Å². The molecule has 32 heteroatoms. The minimum atomic E-state index is -3.89. The number of aryl methyl sites for hydroxylation is 1. The molecule has 0 aliphatic rings. The summed E-state index contributed by atoms with van der Waals surface area (Å²) < 4.78 is 47.8. The molecule has 7 amide bonds. The molecule has 0 saturated carbocycles. The first-order valence-corrected chi connectivity index (χ1v) is 30.6. The molecule has 83 heavy (non-hydrogen) atoms. The number of carboxylic acids is 3. The second-order valence-electron chi connectivity index (χ2n) is 19.4. The Morgan fingerprint density at radius 3 is 1.39 bits per heavy atom. The number of H-pyrrole nitrogens is 1. The van der Waals surface area contributed by atoms with Crippen LogP contribution < -0.4 is 36.6 Å². The number of tetrazole rings is 1. The Balaban J connectivity index is 2.09. The van der Waals surface area contributed by atoms with Crippen LogP contribution in [-0.2, 0) is 83.3 Å². The van der Waals surface area contributed by atoms with Gasteiger partial charge >= 0.3 is 17.9 Å². The zero-order valence-corrected chi connectivity index (χ0v) is 49.2. The molecule has 0 aliphatic heterocycles. The molecule has 0 unspecified atom stereocenters. The van der Waals surface area contributed by atoms with Crippen molar-refractivity contribution < 1.29 is 90.6 Å². The van der Waals surface area contributed by atoms with Gasteiger partial charge < -0.3 is 66.2 Å². The van der Waals surface area contributed by atoms with Crippen LogP contribution in [0.2, 0.25) is 0 Å². The van der Waals surface area contributed by atoms with Crippen LogP contribution in [0.15, 0.2) is 0 Å². The lowest BCUT2D eigenvalue weighted by Gasteiger charge is -2.17. The van der Waals surface area contributed by atoms with Gasteiger partial charge in [-0.2, -0.15) is 17.8 Å². The number of hydrogen-bond donors (Lipinski definition) is 12. The normalized spacial score (nSPS) is 12.3.